The van der Waals surface area contributed by atoms with Crippen LogP contribution in [0, 0.1) is 0 Å². The summed E-state index contributed by atoms with van der Waals surface area (Å²) in [5.74, 6) is 1.34. The van der Waals surface area contributed by atoms with E-state index in [9.17, 15) is 0 Å². The van der Waals surface area contributed by atoms with Gasteiger partial charge in [0.2, 0.25) is 5.95 Å². The Balaban J connectivity index is 1.63. The van der Waals surface area contributed by atoms with Crippen molar-refractivity contribution in [1.82, 2.24) is 24.6 Å². The van der Waals surface area contributed by atoms with Crippen LogP contribution in [-0.2, 0) is 4.74 Å². The molecule has 7 nitrogen and oxygen atoms in total. The molecule has 7 heteroatoms. The molecule has 1 atom stereocenters. The van der Waals surface area contributed by atoms with Gasteiger partial charge in [0, 0.05) is 36.5 Å². The van der Waals surface area contributed by atoms with Gasteiger partial charge in [-0.2, -0.15) is 4.52 Å². The maximum Gasteiger partial charge on any atom is 0.226 e. The molecule has 1 aliphatic heterocycles. The molecule has 130 valence electrons. The predicted octanol–water partition coefficient (Wildman–Crippen LogP) is 2.93. The monoisotopic (exact) mass is 346 g/mol. The zero-order valence-corrected chi connectivity index (χ0v) is 14.2. The number of anilines is 1. The molecule has 3 aromatic heterocycles. The first kappa shape index (κ1) is 15.2. The summed E-state index contributed by atoms with van der Waals surface area (Å²) in [6.07, 6.45) is 5.90. The molecular formula is C19H18N6O. The average molecular weight is 346 g/mol. The Hall–Kier alpha value is -3.06. The molecule has 0 amide bonds. The normalized spacial score (nSPS) is 17.2. The van der Waals surface area contributed by atoms with Gasteiger partial charge in [0.15, 0.2) is 11.5 Å². The fourth-order valence-corrected chi connectivity index (χ4v) is 3.30. The molecule has 4 heterocycles. The van der Waals surface area contributed by atoms with E-state index in [1.54, 1.807) is 16.9 Å². The van der Waals surface area contributed by atoms with Crippen LogP contribution < -0.4 is 5.32 Å². The van der Waals surface area contributed by atoms with E-state index in [1.807, 2.05) is 36.4 Å². The van der Waals surface area contributed by atoms with Crippen molar-refractivity contribution < 1.29 is 4.74 Å². The van der Waals surface area contributed by atoms with Crippen LogP contribution in [0.1, 0.15) is 12.8 Å². The topological polar surface area (TPSA) is 77.2 Å². The standard InChI is InChI=1S/C19H18N6O/c1-2-6-16-15(5-1)18-23-17(13-7-9-20-10-8-13)24-25(18)19(22-16)21-12-14-4-3-11-26-14/h1-2,5-10,14H,3-4,11-12H2,(H,21,22). The van der Waals surface area contributed by atoms with Gasteiger partial charge < -0.3 is 10.1 Å². The van der Waals surface area contributed by atoms with Crippen molar-refractivity contribution in [2.75, 3.05) is 18.5 Å². The smallest absolute Gasteiger partial charge is 0.226 e. The van der Waals surface area contributed by atoms with Crippen LogP contribution in [0.2, 0.25) is 0 Å². The minimum absolute atomic E-state index is 0.224. The van der Waals surface area contributed by atoms with Gasteiger partial charge in [0.25, 0.3) is 0 Å². The Morgan fingerprint density at radius 1 is 1.12 bits per heavy atom. The molecule has 1 fully saturated rings. The highest BCUT2D eigenvalue weighted by Crippen LogP contribution is 2.24. The summed E-state index contributed by atoms with van der Waals surface area (Å²) in [4.78, 5) is 13.6. The van der Waals surface area contributed by atoms with Crippen molar-refractivity contribution in [3.05, 3.63) is 48.8 Å². The van der Waals surface area contributed by atoms with Crippen molar-refractivity contribution in [3.63, 3.8) is 0 Å². The number of fused-ring (bicyclic) bond motifs is 3. The second-order valence-corrected chi connectivity index (χ2v) is 6.38. The van der Waals surface area contributed by atoms with E-state index in [1.165, 1.54) is 0 Å². The number of rotatable bonds is 4. The van der Waals surface area contributed by atoms with Crippen LogP contribution in [0.5, 0.6) is 0 Å². The van der Waals surface area contributed by atoms with E-state index in [0.717, 1.165) is 41.6 Å². The lowest BCUT2D eigenvalue weighted by molar-refractivity contribution is 0.120. The number of nitrogens with one attached hydrogen (secondary N) is 1. The van der Waals surface area contributed by atoms with E-state index in [4.69, 9.17) is 19.8 Å². The fourth-order valence-electron chi connectivity index (χ4n) is 3.30. The molecule has 0 saturated carbocycles. The maximum absolute atomic E-state index is 5.71. The minimum atomic E-state index is 0.224. The molecule has 5 rings (SSSR count). The number of pyridine rings is 1. The molecule has 1 unspecified atom stereocenters. The highest BCUT2D eigenvalue weighted by molar-refractivity contribution is 5.92. The Bertz CT molecular complexity index is 1060. The zero-order chi connectivity index (χ0) is 17.3. The largest absolute Gasteiger partial charge is 0.376 e. The highest BCUT2D eigenvalue weighted by Gasteiger charge is 2.18. The van der Waals surface area contributed by atoms with Crippen molar-refractivity contribution in [3.8, 4) is 11.4 Å². The maximum atomic E-state index is 5.71. The van der Waals surface area contributed by atoms with Gasteiger partial charge in [-0.1, -0.05) is 12.1 Å². The van der Waals surface area contributed by atoms with Crippen LogP contribution in [0.15, 0.2) is 48.8 Å². The number of benzene rings is 1. The van der Waals surface area contributed by atoms with E-state index >= 15 is 0 Å². The Morgan fingerprint density at radius 2 is 2.00 bits per heavy atom. The average Bonchev–Trinajstić information content (AvgIpc) is 3.37. The Kier molecular flexibility index (Phi) is 3.71. The number of aromatic nitrogens is 5. The quantitative estimate of drug-likeness (QED) is 0.612. The van der Waals surface area contributed by atoms with Gasteiger partial charge in [0.05, 0.1) is 11.6 Å². The zero-order valence-electron chi connectivity index (χ0n) is 14.2. The summed E-state index contributed by atoms with van der Waals surface area (Å²) in [7, 11) is 0. The predicted molar refractivity (Wildman–Crippen MR) is 99.0 cm³/mol. The number of nitrogens with zero attached hydrogens (tertiary/aromatic N) is 5. The number of para-hydroxylation sites is 1. The van der Waals surface area contributed by atoms with E-state index in [2.05, 4.69) is 10.3 Å². The third-order valence-electron chi connectivity index (χ3n) is 4.63. The van der Waals surface area contributed by atoms with Crippen molar-refractivity contribution in [2.45, 2.75) is 18.9 Å². The van der Waals surface area contributed by atoms with Crippen molar-refractivity contribution in [2.24, 2.45) is 0 Å². The van der Waals surface area contributed by atoms with Crippen LogP contribution in [0.4, 0.5) is 5.95 Å². The highest BCUT2D eigenvalue weighted by atomic mass is 16.5. The Labute approximate surface area is 150 Å². The molecule has 1 aliphatic rings. The third kappa shape index (κ3) is 2.66. The molecule has 0 aliphatic carbocycles. The molecular weight excluding hydrogens is 328 g/mol. The summed E-state index contributed by atoms with van der Waals surface area (Å²) in [6.45, 7) is 1.55. The van der Waals surface area contributed by atoms with Gasteiger partial charge in [-0.15, -0.1) is 5.10 Å². The first-order valence-electron chi connectivity index (χ1n) is 8.80. The summed E-state index contributed by atoms with van der Waals surface area (Å²) >= 11 is 0. The number of hydrogen-bond acceptors (Lipinski definition) is 6. The minimum Gasteiger partial charge on any atom is -0.376 e. The first-order valence-corrected chi connectivity index (χ1v) is 8.80. The summed E-state index contributed by atoms with van der Waals surface area (Å²) < 4.78 is 7.49. The lowest BCUT2D eigenvalue weighted by Crippen LogP contribution is -2.20. The molecule has 26 heavy (non-hydrogen) atoms. The summed E-state index contributed by atoms with van der Waals surface area (Å²) in [5.41, 5.74) is 2.61. The van der Waals surface area contributed by atoms with Gasteiger partial charge in [-0.05, 0) is 37.1 Å². The molecule has 4 aromatic rings. The molecule has 0 radical (unpaired) electrons. The second-order valence-electron chi connectivity index (χ2n) is 6.38. The number of hydrogen-bond donors (Lipinski definition) is 1. The summed E-state index contributed by atoms with van der Waals surface area (Å²) in [5, 5.41) is 9.06. The van der Waals surface area contributed by atoms with Gasteiger partial charge >= 0.3 is 0 Å². The van der Waals surface area contributed by atoms with E-state index < -0.39 is 0 Å². The van der Waals surface area contributed by atoms with Gasteiger partial charge in [-0.25, -0.2) is 9.97 Å². The van der Waals surface area contributed by atoms with Crippen LogP contribution in [0.25, 0.3) is 27.9 Å². The second kappa shape index (κ2) is 6.34. The van der Waals surface area contributed by atoms with Crippen LogP contribution in [0.3, 0.4) is 0 Å². The van der Waals surface area contributed by atoms with Crippen LogP contribution >= 0.6 is 0 Å². The third-order valence-corrected chi connectivity index (χ3v) is 4.63. The summed E-state index contributed by atoms with van der Waals surface area (Å²) in [6, 6.07) is 11.8. The fraction of sp³-hybridized carbons (Fsp3) is 0.263. The molecule has 1 aromatic carbocycles. The molecule has 0 bridgehead atoms. The lowest BCUT2D eigenvalue weighted by atomic mass is 10.2. The molecule has 0 spiro atoms. The van der Waals surface area contributed by atoms with Gasteiger partial charge in [0.1, 0.15) is 0 Å². The number of ether oxygens (including phenoxy) is 1. The van der Waals surface area contributed by atoms with Crippen LogP contribution in [-0.4, -0.2) is 43.8 Å². The molecule has 1 N–H and O–H groups in total. The first-order chi connectivity index (χ1) is 12.9. The van der Waals surface area contributed by atoms with Gasteiger partial charge in [-0.3, -0.25) is 4.98 Å². The van der Waals surface area contributed by atoms with E-state index in [0.29, 0.717) is 18.3 Å². The lowest BCUT2D eigenvalue weighted by Gasteiger charge is -2.12. The van der Waals surface area contributed by atoms with Crippen molar-refractivity contribution >= 4 is 22.5 Å². The Morgan fingerprint density at radius 3 is 2.85 bits per heavy atom. The SMILES string of the molecule is c1ccc2c(c1)nc(NCC1CCCO1)n1nc(-c3ccncc3)nc21. The van der Waals surface area contributed by atoms with E-state index in [-0.39, 0.29) is 6.10 Å². The van der Waals surface area contributed by atoms with Crippen molar-refractivity contribution in [1.29, 1.82) is 0 Å². The molecule has 1 saturated heterocycles.